The molecule has 1 aliphatic heterocycles. The normalized spacial score (nSPS) is 18.5. The van der Waals surface area contributed by atoms with Gasteiger partial charge in [-0.2, -0.15) is 0 Å². The summed E-state index contributed by atoms with van der Waals surface area (Å²) >= 11 is 5.15. The van der Waals surface area contributed by atoms with Crippen LogP contribution >= 0.6 is 27.3 Å². The number of halogens is 1. The highest BCUT2D eigenvalue weighted by molar-refractivity contribution is 9.10. The van der Waals surface area contributed by atoms with Gasteiger partial charge in [0.05, 0.1) is 4.88 Å². The van der Waals surface area contributed by atoms with E-state index in [0.29, 0.717) is 6.54 Å². The highest BCUT2D eigenvalue weighted by atomic mass is 79.9. The summed E-state index contributed by atoms with van der Waals surface area (Å²) < 4.78 is 6.76. The van der Waals surface area contributed by atoms with Gasteiger partial charge < -0.3 is 15.0 Å². The molecule has 1 unspecified atom stereocenters. The minimum atomic E-state index is 0.0434. The molecule has 0 spiro atoms. The van der Waals surface area contributed by atoms with Gasteiger partial charge in [-0.05, 0) is 48.6 Å². The first kappa shape index (κ1) is 17.6. The molecule has 6 heteroatoms. The van der Waals surface area contributed by atoms with Crippen LogP contribution in [0.3, 0.4) is 0 Å². The zero-order valence-corrected chi connectivity index (χ0v) is 15.9. The zero-order valence-electron chi connectivity index (χ0n) is 13.5. The predicted molar refractivity (Wildman–Crippen MR) is 100 cm³/mol. The van der Waals surface area contributed by atoms with E-state index in [1.807, 2.05) is 24.3 Å². The maximum Gasteiger partial charge on any atom is 0.279 e. The number of hydrogen-bond donors (Lipinski definition) is 2. The molecular weight excluding hydrogens is 388 g/mol. The molecule has 2 N–H and O–H groups in total. The number of ether oxygens (including phenoxy) is 1. The fraction of sp³-hybridized carbons (Fsp3) is 0.389. The number of quaternary nitrogens is 1. The first-order valence-electron chi connectivity index (χ1n) is 8.22. The minimum Gasteiger partial charge on any atom is -0.372 e. The van der Waals surface area contributed by atoms with Crippen molar-refractivity contribution in [3.63, 3.8) is 0 Å². The summed E-state index contributed by atoms with van der Waals surface area (Å²) in [5.74, 6) is 0.0434. The molecular formula is C18H22BrN2O2S+. The van der Waals surface area contributed by atoms with E-state index in [4.69, 9.17) is 4.74 Å². The van der Waals surface area contributed by atoms with Crippen LogP contribution in [0.5, 0.6) is 0 Å². The second-order valence-corrected chi connectivity index (χ2v) is 8.03. The molecule has 3 rings (SSSR count). The molecule has 2 aromatic rings. The van der Waals surface area contributed by atoms with Crippen LogP contribution in [0.4, 0.5) is 5.69 Å². The fourth-order valence-electron chi connectivity index (χ4n) is 2.96. The second kappa shape index (κ2) is 8.76. The van der Waals surface area contributed by atoms with Crippen molar-refractivity contribution < 1.29 is 14.4 Å². The quantitative estimate of drug-likeness (QED) is 0.737. The van der Waals surface area contributed by atoms with Gasteiger partial charge in [-0.3, -0.25) is 4.79 Å². The lowest BCUT2D eigenvalue weighted by Gasteiger charge is -2.21. The van der Waals surface area contributed by atoms with Gasteiger partial charge in [-0.25, -0.2) is 0 Å². The average Bonchev–Trinajstić information content (AvgIpc) is 3.23. The third-order valence-electron chi connectivity index (χ3n) is 4.08. The van der Waals surface area contributed by atoms with Crippen LogP contribution < -0.4 is 10.2 Å². The Kier molecular flexibility index (Phi) is 6.43. The van der Waals surface area contributed by atoms with Gasteiger partial charge in [0.25, 0.3) is 5.91 Å². The lowest BCUT2D eigenvalue weighted by atomic mass is 10.2. The molecule has 24 heavy (non-hydrogen) atoms. The topological polar surface area (TPSA) is 42.8 Å². The number of carbonyl (C=O) groups is 1. The Morgan fingerprint density at radius 3 is 2.83 bits per heavy atom. The van der Waals surface area contributed by atoms with Gasteiger partial charge in [0.2, 0.25) is 0 Å². The van der Waals surface area contributed by atoms with E-state index in [1.54, 1.807) is 11.3 Å². The Balaban J connectivity index is 1.58. The molecule has 0 bridgehead atoms. The van der Waals surface area contributed by atoms with Crippen LogP contribution in [-0.2, 0) is 16.1 Å². The summed E-state index contributed by atoms with van der Waals surface area (Å²) in [7, 11) is 0. The number of benzene rings is 1. The van der Waals surface area contributed by atoms with Gasteiger partial charge >= 0.3 is 0 Å². The van der Waals surface area contributed by atoms with E-state index in [0.717, 1.165) is 42.7 Å². The smallest absolute Gasteiger partial charge is 0.279 e. The first-order valence-corrected chi connectivity index (χ1v) is 9.89. The molecule has 2 heterocycles. The molecule has 1 amide bonds. The van der Waals surface area contributed by atoms with Crippen molar-refractivity contribution in [2.24, 2.45) is 0 Å². The Morgan fingerprint density at radius 2 is 2.17 bits per heavy atom. The highest BCUT2D eigenvalue weighted by Gasteiger charge is 2.24. The summed E-state index contributed by atoms with van der Waals surface area (Å²) in [6.45, 7) is 3.05. The summed E-state index contributed by atoms with van der Waals surface area (Å²) in [4.78, 5) is 15.0. The molecule has 1 aliphatic rings. The number of hydrogen-bond acceptors (Lipinski definition) is 3. The van der Waals surface area contributed by atoms with Crippen molar-refractivity contribution in [1.82, 2.24) is 0 Å². The van der Waals surface area contributed by atoms with Crippen molar-refractivity contribution >= 4 is 38.9 Å². The predicted octanol–water partition coefficient (Wildman–Crippen LogP) is 2.71. The van der Waals surface area contributed by atoms with Crippen LogP contribution in [0, 0.1) is 0 Å². The van der Waals surface area contributed by atoms with Crippen molar-refractivity contribution in [3.05, 3.63) is 51.1 Å². The van der Waals surface area contributed by atoms with E-state index in [-0.39, 0.29) is 12.0 Å². The third-order valence-corrected chi connectivity index (χ3v) is 5.49. The van der Waals surface area contributed by atoms with E-state index >= 15 is 0 Å². The lowest BCUT2D eigenvalue weighted by molar-refractivity contribution is -0.908. The van der Waals surface area contributed by atoms with E-state index in [9.17, 15) is 4.79 Å². The Morgan fingerprint density at radius 1 is 1.33 bits per heavy atom. The molecule has 1 aromatic carbocycles. The van der Waals surface area contributed by atoms with Gasteiger partial charge in [0, 0.05) is 16.8 Å². The van der Waals surface area contributed by atoms with Gasteiger partial charge in [0.1, 0.15) is 19.2 Å². The minimum absolute atomic E-state index is 0.0434. The fourth-order valence-corrected chi connectivity index (χ4v) is 4.00. The van der Waals surface area contributed by atoms with Gasteiger partial charge in [-0.15, -0.1) is 11.3 Å². The maximum atomic E-state index is 12.4. The van der Waals surface area contributed by atoms with Crippen LogP contribution in [0.15, 0.2) is 46.3 Å². The number of rotatable bonds is 7. The monoisotopic (exact) mass is 409 g/mol. The summed E-state index contributed by atoms with van der Waals surface area (Å²) in [5, 5.41) is 5.07. The van der Waals surface area contributed by atoms with E-state index in [2.05, 4.69) is 38.8 Å². The van der Waals surface area contributed by atoms with Crippen molar-refractivity contribution in [2.75, 3.05) is 25.0 Å². The molecule has 4 nitrogen and oxygen atoms in total. The molecule has 128 valence electrons. The SMILES string of the molecule is O=C(C[NH+](Cc1cccs1)C[C@H]1CCCO1)Nc1ccc(Br)cc1. The number of carbonyl (C=O) groups excluding carboxylic acids is 1. The molecule has 2 atom stereocenters. The Bertz CT molecular complexity index is 640. The number of amides is 1. The van der Waals surface area contributed by atoms with Crippen LogP contribution in [-0.4, -0.2) is 31.7 Å². The maximum absolute atomic E-state index is 12.4. The van der Waals surface area contributed by atoms with E-state index in [1.165, 1.54) is 9.78 Å². The Labute approximate surface area is 154 Å². The number of anilines is 1. The summed E-state index contributed by atoms with van der Waals surface area (Å²) in [6.07, 6.45) is 2.50. The molecule has 1 fully saturated rings. The molecule has 0 radical (unpaired) electrons. The third kappa shape index (κ3) is 5.41. The largest absolute Gasteiger partial charge is 0.372 e. The summed E-state index contributed by atoms with van der Waals surface area (Å²) in [5.41, 5.74) is 0.829. The van der Waals surface area contributed by atoms with Crippen LogP contribution in [0.1, 0.15) is 17.7 Å². The number of thiophene rings is 1. The highest BCUT2D eigenvalue weighted by Crippen LogP contribution is 2.14. The average molecular weight is 410 g/mol. The second-order valence-electron chi connectivity index (χ2n) is 6.08. The standard InChI is InChI=1S/C18H21BrN2O2S/c19-14-5-7-15(8-6-14)20-18(22)13-21(11-16-3-1-9-23-16)12-17-4-2-10-24-17/h2,4-8,10,16H,1,3,9,11-13H2,(H,20,22)/p+1/t16-/m1/s1. The van der Waals surface area contributed by atoms with Crippen LogP contribution in [0.25, 0.3) is 0 Å². The molecule has 1 saturated heterocycles. The molecule has 0 aliphatic carbocycles. The van der Waals surface area contributed by atoms with Gasteiger partial charge in [0.15, 0.2) is 6.54 Å². The lowest BCUT2D eigenvalue weighted by Crippen LogP contribution is -3.12. The van der Waals surface area contributed by atoms with Crippen molar-refractivity contribution in [3.8, 4) is 0 Å². The molecule has 1 aromatic heterocycles. The molecule has 0 saturated carbocycles. The van der Waals surface area contributed by atoms with Gasteiger partial charge in [-0.1, -0.05) is 22.0 Å². The number of nitrogens with one attached hydrogen (secondary N) is 2. The van der Waals surface area contributed by atoms with Crippen LogP contribution in [0.2, 0.25) is 0 Å². The van der Waals surface area contributed by atoms with Crippen molar-refractivity contribution in [1.29, 1.82) is 0 Å². The summed E-state index contributed by atoms with van der Waals surface area (Å²) in [6, 6.07) is 11.9. The van der Waals surface area contributed by atoms with E-state index < -0.39 is 0 Å². The first-order chi connectivity index (χ1) is 11.7. The zero-order chi connectivity index (χ0) is 16.8. The van der Waals surface area contributed by atoms with Crippen molar-refractivity contribution in [2.45, 2.75) is 25.5 Å². The Hall–Kier alpha value is -1.21.